The Morgan fingerprint density at radius 1 is 0.941 bits per heavy atom. The number of piperidine rings is 1. The lowest BCUT2D eigenvalue weighted by molar-refractivity contribution is 0.0103. The lowest BCUT2D eigenvalue weighted by Crippen LogP contribution is -2.49. The largest absolute Gasteiger partial charge is 0.393 e. The van der Waals surface area contributed by atoms with Crippen LogP contribution in [0.1, 0.15) is 52.4 Å². The molecular weight excluding hydrogens is 214 g/mol. The molecule has 100 valence electrons. The standard InChI is InChI=1S/C14H27NO2/c1-9(2)13-7-11(8-14(17)15-13)10-3-5-12(16)6-4-10/h9-17H,3-8H2,1-2H3. The van der Waals surface area contributed by atoms with Crippen LogP contribution in [0.2, 0.25) is 0 Å². The number of hydrogen-bond acceptors (Lipinski definition) is 3. The Hall–Kier alpha value is -0.120. The first-order valence-corrected chi connectivity index (χ1v) is 7.18. The summed E-state index contributed by atoms with van der Waals surface area (Å²) in [7, 11) is 0. The molecule has 1 saturated carbocycles. The molecule has 3 N–H and O–H groups in total. The Balaban J connectivity index is 1.91. The third-order valence-corrected chi connectivity index (χ3v) is 4.70. The van der Waals surface area contributed by atoms with Crippen LogP contribution in [0.3, 0.4) is 0 Å². The molecule has 1 saturated heterocycles. The third-order valence-electron chi connectivity index (χ3n) is 4.70. The lowest BCUT2D eigenvalue weighted by Gasteiger charge is -2.41. The number of aliphatic hydroxyl groups is 2. The first kappa shape index (κ1) is 13.3. The van der Waals surface area contributed by atoms with Crippen molar-refractivity contribution in [1.29, 1.82) is 0 Å². The predicted molar refractivity (Wildman–Crippen MR) is 68.5 cm³/mol. The number of hydrogen-bond donors (Lipinski definition) is 3. The van der Waals surface area contributed by atoms with E-state index in [1.54, 1.807) is 0 Å². The summed E-state index contributed by atoms with van der Waals surface area (Å²) in [6, 6.07) is 0.454. The summed E-state index contributed by atoms with van der Waals surface area (Å²) in [6.07, 6.45) is 5.88. The normalized spacial score (nSPS) is 43.9. The summed E-state index contributed by atoms with van der Waals surface area (Å²) >= 11 is 0. The minimum atomic E-state index is -0.326. The molecule has 0 bridgehead atoms. The van der Waals surface area contributed by atoms with Crippen LogP contribution in [0.5, 0.6) is 0 Å². The zero-order valence-corrected chi connectivity index (χ0v) is 11.1. The maximum absolute atomic E-state index is 9.92. The molecule has 3 nitrogen and oxygen atoms in total. The topological polar surface area (TPSA) is 52.5 Å². The van der Waals surface area contributed by atoms with Gasteiger partial charge in [0.25, 0.3) is 0 Å². The van der Waals surface area contributed by atoms with E-state index in [1.807, 2.05) is 0 Å². The smallest absolute Gasteiger partial charge is 0.105 e. The summed E-state index contributed by atoms with van der Waals surface area (Å²) in [4.78, 5) is 0. The van der Waals surface area contributed by atoms with E-state index in [1.165, 1.54) is 6.42 Å². The quantitative estimate of drug-likeness (QED) is 0.692. The van der Waals surface area contributed by atoms with Gasteiger partial charge in [0.05, 0.1) is 6.10 Å². The summed E-state index contributed by atoms with van der Waals surface area (Å²) in [5.74, 6) is 1.95. The van der Waals surface area contributed by atoms with Gasteiger partial charge in [-0.2, -0.15) is 0 Å². The molecule has 3 atom stereocenters. The van der Waals surface area contributed by atoms with Crippen molar-refractivity contribution in [2.24, 2.45) is 17.8 Å². The molecule has 2 fully saturated rings. The predicted octanol–water partition coefficient (Wildman–Crippen LogP) is 1.88. The first-order valence-electron chi connectivity index (χ1n) is 7.18. The van der Waals surface area contributed by atoms with E-state index in [-0.39, 0.29) is 12.3 Å². The van der Waals surface area contributed by atoms with Crippen molar-refractivity contribution in [1.82, 2.24) is 5.32 Å². The Kier molecular flexibility index (Phi) is 4.45. The fraction of sp³-hybridized carbons (Fsp3) is 1.00. The zero-order valence-electron chi connectivity index (χ0n) is 11.1. The van der Waals surface area contributed by atoms with Gasteiger partial charge in [-0.05, 0) is 56.3 Å². The molecule has 2 rings (SSSR count). The second-order valence-electron chi connectivity index (χ2n) is 6.33. The third kappa shape index (κ3) is 3.43. The highest BCUT2D eigenvalue weighted by Gasteiger charge is 2.34. The van der Waals surface area contributed by atoms with Gasteiger partial charge < -0.3 is 10.2 Å². The first-order chi connectivity index (χ1) is 8.06. The molecule has 3 unspecified atom stereocenters. The van der Waals surface area contributed by atoms with Gasteiger partial charge in [-0.15, -0.1) is 0 Å². The molecular formula is C14H27NO2. The van der Waals surface area contributed by atoms with Gasteiger partial charge in [0.1, 0.15) is 6.23 Å². The highest BCUT2D eigenvalue weighted by Crippen LogP contribution is 2.37. The zero-order chi connectivity index (χ0) is 12.4. The Morgan fingerprint density at radius 2 is 1.59 bits per heavy atom. The monoisotopic (exact) mass is 241 g/mol. The molecule has 0 aromatic heterocycles. The minimum absolute atomic E-state index is 0.0706. The van der Waals surface area contributed by atoms with Crippen LogP contribution in [0.15, 0.2) is 0 Å². The van der Waals surface area contributed by atoms with E-state index in [9.17, 15) is 10.2 Å². The number of aliphatic hydroxyl groups excluding tert-OH is 2. The van der Waals surface area contributed by atoms with Crippen LogP contribution < -0.4 is 5.32 Å². The van der Waals surface area contributed by atoms with E-state index in [4.69, 9.17) is 0 Å². The van der Waals surface area contributed by atoms with Crippen molar-refractivity contribution < 1.29 is 10.2 Å². The molecule has 0 radical (unpaired) electrons. The molecule has 0 aromatic carbocycles. The van der Waals surface area contributed by atoms with Gasteiger partial charge >= 0.3 is 0 Å². The number of nitrogens with one attached hydrogen (secondary N) is 1. The summed E-state index contributed by atoms with van der Waals surface area (Å²) < 4.78 is 0. The SMILES string of the molecule is CC(C)C1CC(C2CCC(O)CC2)CC(O)N1. The van der Waals surface area contributed by atoms with Crippen LogP contribution in [0.25, 0.3) is 0 Å². The Morgan fingerprint density at radius 3 is 2.18 bits per heavy atom. The highest BCUT2D eigenvalue weighted by atomic mass is 16.3. The Bertz CT molecular complexity index is 236. The molecule has 0 aromatic rings. The van der Waals surface area contributed by atoms with E-state index >= 15 is 0 Å². The highest BCUT2D eigenvalue weighted by molar-refractivity contribution is 4.87. The van der Waals surface area contributed by atoms with Crippen LogP contribution in [-0.2, 0) is 0 Å². The molecule has 3 heteroatoms. The van der Waals surface area contributed by atoms with Gasteiger partial charge in [-0.3, -0.25) is 5.32 Å². The van der Waals surface area contributed by atoms with E-state index in [0.717, 1.165) is 38.0 Å². The van der Waals surface area contributed by atoms with Gasteiger partial charge in [0.15, 0.2) is 0 Å². The average molecular weight is 241 g/mol. The molecule has 1 heterocycles. The maximum Gasteiger partial charge on any atom is 0.105 e. The van der Waals surface area contributed by atoms with Crippen LogP contribution in [0.4, 0.5) is 0 Å². The Labute approximate surface area is 105 Å². The second-order valence-corrected chi connectivity index (χ2v) is 6.33. The van der Waals surface area contributed by atoms with E-state index < -0.39 is 0 Å². The van der Waals surface area contributed by atoms with Crippen LogP contribution in [0, 0.1) is 17.8 Å². The fourth-order valence-electron chi connectivity index (χ4n) is 3.51. The van der Waals surface area contributed by atoms with Crippen molar-refractivity contribution >= 4 is 0 Å². The van der Waals surface area contributed by atoms with Crippen molar-refractivity contribution in [2.75, 3.05) is 0 Å². The van der Waals surface area contributed by atoms with Gasteiger partial charge in [-0.25, -0.2) is 0 Å². The number of rotatable bonds is 2. The molecule has 1 aliphatic carbocycles. The molecule has 2 aliphatic rings. The van der Waals surface area contributed by atoms with Crippen molar-refractivity contribution in [3.05, 3.63) is 0 Å². The van der Waals surface area contributed by atoms with Gasteiger partial charge in [0, 0.05) is 6.04 Å². The average Bonchev–Trinajstić information content (AvgIpc) is 2.29. The summed E-state index contributed by atoms with van der Waals surface area (Å²) in [5.41, 5.74) is 0. The molecule has 0 spiro atoms. The van der Waals surface area contributed by atoms with Crippen molar-refractivity contribution in [3.8, 4) is 0 Å². The second kappa shape index (κ2) is 5.68. The van der Waals surface area contributed by atoms with E-state index in [2.05, 4.69) is 19.2 Å². The van der Waals surface area contributed by atoms with Crippen LogP contribution in [-0.4, -0.2) is 28.6 Å². The van der Waals surface area contributed by atoms with Crippen molar-refractivity contribution in [3.63, 3.8) is 0 Å². The lowest BCUT2D eigenvalue weighted by atomic mass is 9.72. The summed E-state index contributed by atoms with van der Waals surface area (Å²) in [6.45, 7) is 4.44. The van der Waals surface area contributed by atoms with Crippen molar-refractivity contribution in [2.45, 2.75) is 70.7 Å². The summed E-state index contributed by atoms with van der Waals surface area (Å²) in [5, 5.41) is 22.8. The molecule has 1 aliphatic heterocycles. The molecule has 0 amide bonds. The minimum Gasteiger partial charge on any atom is -0.393 e. The van der Waals surface area contributed by atoms with Gasteiger partial charge in [-0.1, -0.05) is 13.8 Å². The molecule has 17 heavy (non-hydrogen) atoms. The fourth-order valence-corrected chi connectivity index (χ4v) is 3.51. The van der Waals surface area contributed by atoms with Gasteiger partial charge in [0.2, 0.25) is 0 Å². The maximum atomic E-state index is 9.92. The van der Waals surface area contributed by atoms with E-state index in [0.29, 0.717) is 17.9 Å². The van der Waals surface area contributed by atoms with Crippen LogP contribution >= 0.6 is 0 Å².